The lowest BCUT2D eigenvalue weighted by molar-refractivity contribution is 0.728. The first-order valence-electron chi connectivity index (χ1n) is 8.27. The Kier molecular flexibility index (Phi) is 3.91. The van der Waals surface area contributed by atoms with Crippen LogP contribution in [0.3, 0.4) is 0 Å². The summed E-state index contributed by atoms with van der Waals surface area (Å²) in [5.74, 6) is 0. The van der Waals surface area contributed by atoms with Crippen LogP contribution < -0.4 is 10.2 Å². The van der Waals surface area contributed by atoms with E-state index in [0.29, 0.717) is 0 Å². The molecule has 3 aromatic carbocycles. The van der Waals surface area contributed by atoms with Gasteiger partial charge in [0.05, 0.1) is 11.4 Å². The molecule has 3 heteroatoms. The van der Waals surface area contributed by atoms with Crippen molar-refractivity contribution in [2.75, 3.05) is 10.2 Å². The van der Waals surface area contributed by atoms with Crippen LogP contribution in [0.2, 0.25) is 5.02 Å². The van der Waals surface area contributed by atoms with Crippen LogP contribution in [0.4, 0.5) is 17.1 Å². The third-order valence-corrected chi connectivity index (χ3v) is 4.82. The summed E-state index contributed by atoms with van der Waals surface area (Å²) in [6, 6.07) is 25.0. The topological polar surface area (TPSA) is 15.3 Å². The third kappa shape index (κ3) is 2.53. The van der Waals surface area contributed by atoms with Crippen molar-refractivity contribution in [3.63, 3.8) is 0 Å². The minimum absolute atomic E-state index is 0.267. The zero-order valence-electron chi connectivity index (χ0n) is 13.5. The molecule has 1 heterocycles. The van der Waals surface area contributed by atoms with Gasteiger partial charge in [0.2, 0.25) is 0 Å². The number of hydrogen-bond donors (Lipinski definition) is 1. The van der Waals surface area contributed by atoms with Crippen LogP contribution in [0, 0.1) is 0 Å². The van der Waals surface area contributed by atoms with Gasteiger partial charge in [-0.3, -0.25) is 0 Å². The first-order valence-corrected chi connectivity index (χ1v) is 8.65. The largest absolute Gasteiger partial charge is 0.363 e. The molecule has 120 valence electrons. The molecule has 0 radical (unpaired) electrons. The fourth-order valence-electron chi connectivity index (χ4n) is 3.34. The second-order valence-electron chi connectivity index (χ2n) is 5.99. The number of rotatable bonds is 3. The monoisotopic (exact) mass is 334 g/mol. The van der Waals surface area contributed by atoms with E-state index in [1.807, 2.05) is 18.2 Å². The summed E-state index contributed by atoms with van der Waals surface area (Å²) < 4.78 is 0. The standard InChI is InChI=1S/C21H19ClN2/c1-2-21-23-19-12-5-6-13-20(19)24(21)16-9-7-8-15(14-16)17-10-3-4-11-18(17)22/h3-14,21,23H,2H2,1H3. The third-order valence-electron chi connectivity index (χ3n) is 4.49. The van der Waals surface area contributed by atoms with Crippen LogP contribution in [-0.4, -0.2) is 6.17 Å². The predicted octanol–water partition coefficient (Wildman–Crippen LogP) is 6.31. The average molecular weight is 335 g/mol. The van der Waals surface area contributed by atoms with E-state index in [-0.39, 0.29) is 6.17 Å². The molecule has 0 aliphatic carbocycles. The number of anilines is 3. The number of fused-ring (bicyclic) bond motifs is 1. The molecule has 3 aromatic rings. The maximum absolute atomic E-state index is 6.38. The van der Waals surface area contributed by atoms with Gasteiger partial charge in [-0.2, -0.15) is 0 Å². The van der Waals surface area contributed by atoms with Crippen LogP contribution in [0.1, 0.15) is 13.3 Å². The fourth-order valence-corrected chi connectivity index (χ4v) is 3.58. The van der Waals surface area contributed by atoms with Gasteiger partial charge in [-0.15, -0.1) is 0 Å². The number of hydrogen-bond acceptors (Lipinski definition) is 2. The van der Waals surface area contributed by atoms with Crippen molar-refractivity contribution < 1.29 is 0 Å². The number of nitrogens with one attached hydrogen (secondary N) is 1. The highest BCUT2D eigenvalue weighted by Gasteiger charge is 2.28. The summed E-state index contributed by atoms with van der Waals surface area (Å²) in [4.78, 5) is 2.37. The van der Waals surface area contributed by atoms with Crippen molar-refractivity contribution in [1.82, 2.24) is 0 Å². The number of halogens is 1. The molecule has 24 heavy (non-hydrogen) atoms. The number of para-hydroxylation sites is 2. The molecule has 1 N–H and O–H groups in total. The van der Waals surface area contributed by atoms with E-state index in [2.05, 4.69) is 71.7 Å². The summed E-state index contributed by atoms with van der Waals surface area (Å²) in [6.07, 6.45) is 1.29. The fraction of sp³-hybridized carbons (Fsp3) is 0.143. The minimum atomic E-state index is 0.267. The molecule has 4 rings (SSSR count). The molecule has 0 fully saturated rings. The van der Waals surface area contributed by atoms with Crippen molar-refractivity contribution in [3.05, 3.63) is 77.8 Å². The van der Waals surface area contributed by atoms with Crippen molar-refractivity contribution in [2.45, 2.75) is 19.5 Å². The number of benzene rings is 3. The molecule has 0 spiro atoms. The Morgan fingerprint density at radius 3 is 2.58 bits per heavy atom. The maximum atomic E-state index is 6.38. The summed E-state index contributed by atoms with van der Waals surface area (Å²) >= 11 is 6.38. The summed E-state index contributed by atoms with van der Waals surface area (Å²) in [5.41, 5.74) is 5.79. The van der Waals surface area contributed by atoms with E-state index in [4.69, 9.17) is 11.6 Å². The van der Waals surface area contributed by atoms with Gasteiger partial charge in [0.1, 0.15) is 6.17 Å². The van der Waals surface area contributed by atoms with Gasteiger partial charge in [-0.25, -0.2) is 0 Å². The lowest BCUT2D eigenvalue weighted by Crippen LogP contribution is -2.30. The highest BCUT2D eigenvalue weighted by molar-refractivity contribution is 6.33. The molecule has 1 unspecified atom stereocenters. The van der Waals surface area contributed by atoms with Crippen LogP contribution in [0.5, 0.6) is 0 Å². The van der Waals surface area contributed by atoms with Crippen molar-refractivity contribution >= 4 is 28.7 Å². The summed E-state index contributed by atoms with van der Waals surface area (Å²) in [7, 11) is 0. The van der Waals surface area contributed by atoms with Gasteiger partial charge in [-0.1, -0.05) is 61.0 Å². The van der Waals surface area contributed by atoms with Crippen molar-refractivity contribution in [1.29, 1.82) is 0 Å². The molecule has 0 saturated heterocycles. The Morgan fingerprint density at radius 2 is 1.75 bits per heavy atom. The minimum Gasteiger partial charge on any atom is -0.363 e. The quantitative estimate of drug-likeness (QED) is 0.604. The molecule has 0 saturated carbocycles. The zero-order chi connectivity index (χ0) is 16.5. The molecular weight excluding hydrogens is 316 g/mol. The Morgan fingerprint density at radius 1 is 0.958 bits per heavy atom. The maximum Gasteiger partial charge on any atom is 0.104 e. The highest BCUT2D eigenvalue weighted by Crippen LogP contribution is 2.41. The van der Waals surface area contributed by atoms with Crippen LogP contribution in [0.15, 0.2) is 72.8 Å². The molecular formula is C21H19ClN2. The van der Waals surface area contributed by atoms with Crippen LogP contribution >= 0.6 is 11.6 Å². The van der Waals surface area contributed by atoms with E-state index in [0.717, 1.165) is 22.6 Å². The van der Waals surface area contributed by atoms with Gasteiger partial charge in [0, 0.05) is 16.3 Å². The summed E-state index contributed by atoms with van der Waals surface area (Å²) in [5, 5.41) is 4.38. The molecule has 2 nitrogen and oxygen atoms in total. The van der Waals surface area contributed by atoms with Crippen molar-refractivity contribution in [3.8, 4) is 11.1 Å². The molecule has 0 amide bonds. The Bertz CT molecular complexity index is 875. The van der Waals surface area contributed by atoms with E-state index < -0.39 is 0 Å². The van der Waals surface area contributed by atoms with Crippen LogP contribution in [0.25, 0.3) is 11.1 Å². The van der Waals surface area contributed by atoms with Gasteiger partial charge >= 0.3 is 0 Å². The van der Waals surface area contributed by atoms with Gasteiger partial charge in [0.15, 0.2) is 0 Å². The van der Waals surface area contributed by atoms with Gasteiger partial charge in [0.25, 0.3) is 0 Å². The van der Waals surface area contributed by atoms with E-state index in [1.54, 1.807) is 0 Å². The SMILES string of the molecule is CCC1Nc2ccccc2N1c1cccc(-c2ccccc2Cl)c1. The average Bonchev–Trinajstić information content (AvgIpc) is 3.01. The van der Waals surface area contributed by atoms with Gasteiger partial charge in [-0.05, 0) is 42.3 Å². The molecule has 1 aliphatic rings. The highest BCUT2D eigenvalue weighted by atomic mass is 35.5. The Hall–Kier alpha value is -2.45. The second kappa shape index (κ2) is 6.21. The van der Waals surface area contributed by atoms with E-state index >= 15 is 0 Å². The first kappa shape index (κ1) is 15.1. The second-order valence-corrected chi connectivity index (χ2v) is 6.39. The normalized spacial score (nSPS) is 15.9. The predicted molar refractivity (Wildman–Crippen MR) is 103 cm³/mol. The zero-order valence-corrected chi connectivity index (χ0v) is 14.3. The van der Waals surface area contributed by atoms with Crippen LogP contribution in [-0.2, 0) is 0 Å². The smallest absolute Gasteiger partial charge is 0.104 e. The molecule has 0 aromatic heterocycles. The van der Waals surface area contributed by atoms with Gasteiger partial charge < -0.3 is 10.2 Å². The Labute approximate surface area is 147 Å². The van der Waals surface area contributed by atoms with E-state index in [9.17, 15) is 0 Å². The molecule has 1 aliphatic heterocycles. The first-order chi connectivity index (χ1) is 11.8. The number of nitrogens with zero attached hydrogens (tertiary/aromatic N) is 1. The lowest BCUT2D eigenvalue weighted by Gasteiger charge is -2.26. The lowest BCUT2D eigenvalue weighted by atomic mass is 10.0. The molecule has 0 bridgehead atoms. The Balaban J connectivity index is 1.80. The van der Waals surface area contributed by atoms with E-state index in [1.165, 1.54) is 17.1 Å². The summed E-state index contributed by atoms with van der Waals surface area (Å²) in [6.45, 7) is 2.20. The van der Waals surface area contributed by atoms with Crippen molar-refractivity contribution in [2.24, 2.45) is 0 Å². The molecule has 1 atom stereocenters.